The summed E-state index contributed by atoms with van der Waals surface area (Å²) in [5.74, 6) is 0.829. The first kappa shape index (κ1) is 16.2. The summed E-state index contributed by atoms with van der Waals surface area (Å²) in [5.41, 5.74) is 1.22. The van der Waals surface area contributed by atoms with Crippen molar-refractivity contribution in [2.75, 3.05) is 11.9 Å². The Balaban J connectivity index is 1.48. The quantitative estimate of drug-likeness (QED) is 0.877. The van der Waals surface area contributed by atoms with Gasteiger partial charge >= 0.3 is 6.03 Å². The third kappa shape index (κ3) is 3.41. The summed E-state index contributed by atoms with van der Waals surface area (Å²) in [5, 5.41) is 7.60. The Hall–Kier alpha value is -2.30. The number of urea groups is 1. The van der Waals surface area contributed by atoms with Gasteiger partial charge in [0, 0.05) is 12.6 Å². The van der Waals surface area contributed by atoms with Crippen molar-refractivity contribution in [3.05, 3.63) is 48.2 Å². The Kier molecular flexibility index (Phi) is 4.72. The molecule has 25 heavy (non-hydrogen) atoms. The maximum atomic E-state index is 12.9. The Morgan fingerprint density at radius 3 is 2.60 bits per heavy atom. The number of hydrogen-bond acceptors (Lipinski definition) is 2. The minimum atomic E-state index is -0.0103. The second-order valence-corrected chi connectivity index (χ2v) is 7.15. The summed E-state index contributed by atoms with van der Waals surface area (Å²) in [4.78, 5) is 14.9. The van der Waals surface area contributed by atoms with Crippen molar-refractivity contribution in [2.24, 2.45) is 0 Å². The Morgan fingerprint density at radius 2 is 1.80 bits per heavy atom. The molecule has 0 spiro atoms. The molecule has 2 amide bonds. The molecule has 5 heteroatoms. The summed E-state index contributed by atoms with van der Waals surface area (Å²) in [6.45, 7) is 0.808. The topological polar surface area (TPSA) is 50.2 Å². The first-order valence-electron chi connectivity index (χ1n) is 9.49. The number of carbonyl (C=O) groups excluding carboxylic acids is 1. The molecule has 0 unspecified atom stereocenters. The Morgan fingerprint density at radius 1 is 1.00 bits per heavy atom. The van der Waals surface area contributed by atoms with Crippen LogP contribution in [0.3, 0.4) is 0 Å². The Labute approximate surface area is 149 Å². The van der Waals surface area contributed by atoms with E-state index in [9.17, 15) is 4.79 Å². The van der Waals surface area contributed by atoms with Crippen LogP contribution in [0.2, 0.25) is 0 Å². The first-order valence-corrected chi connectivity index (χ1v) is 9.49. The fourth-order valence-electron chi connectivity index (χ4n) is 4.24. The number of amides is 2. The number of aromatic nitrogens is 2. The van der Waals surface area contributed by atoms with Gasteiger partial charge in [0.05, 0.1) is 18.3 Å². The van der Waals surface area contributed by atoms with Crippen LogP contribution in [0.1, 0.15) is 62.6 Å². The van der Waals surface area contributed by atoms with Gasteiger partial charge in [0.15, 0.2) is 0 Å². The molecule has 2 fully saturated rings. The lowest BCUT2D eigenvalue weighted by Crippen LogP contribution is -2.35. The normalized spacial score (nSPS) is 21.4. The predicted octanol–water partition coefficient (Wildman–Crippen LogP) is 4.76. The fourth-order valence-corrected chi connectivity index (χ4v) is 4.24. The molecule has 0 bridgehead atoms. The molecule has 2 aliphatic rings. The molecule has 1 saturated heterocycles. The molecule has 1 aliphatic heterocycles. The van der Waals surface area contributed by atoms with Crippen LogP contribution in [0.25, 0.3) is 0 Å². The minimum Gasteiger partial charge on any atom is -0.317 e. The standard InChI is InChI=1S/C20H26N4O/c25-20(23-15-7-12-18(23)16-8-3-1-4-9-16)22-19-13-14-21-24(19)17-10-5-2-6-11-17/h1,3-4,8-9,13-14,17-18H,2,5-7,10-12,15H2,(H,22,25)/t18-/m0/s1. The fraction of sp³-hybridized carbons (Fsp3) is 0.500. The maximum Gasteiger partial charge on any atom is 0.323 e. The van der Waals surface area contributed by atoms with Gasteiger partial charge in [-0.1, -0.05) is 49.6 Å². The van der Waals surface area contributed by atoms with Crippen LogP contribution in [0, 0.1) is 0 Å². The van der Waals surface area contributed by atoms with Crippen molar-refractivity contribution >= 4 is 11.8 Å². The lowest BCUT2D eigenvalue weighted by molar-refractivity contribution is 0.206. The van der Waals surface area contributed by atoms with Crippen LogP contribution in [-0.2, 0) is 0 Å². The van der Waals surface area contributed by atoms with Crippen LogP contribution in [0.15, 0.2) is 42.6 Å². The third-order valence-corrected chi connectivity index (χ3v) is 5.52. The predicted molar refractivity (Wildman–Crippen MR) is 98.5 cm³/mol. The molecule has 1 N–H and O–H groups in total. The molecule has 2 heterocycles. The molecular formula is C20H26N4O. The number of anilines is 1. The maximum absolute atomic E-state index is 12.9. The minimum absolute atomic E-state index is 0.0103. The second kappa shape index (κ2) is 7.30. The number of carbonyl (C=O) groups is 1. The van der Waals surface area contributed by atoms with Gasteiger partial charge in [-0.3, -0.25) is 5.32 Å². The van der Waals surface area contributed by atoms with Crippen LogP contribution < -0.4 is 5.32 Å². The van der Waals surface area contributed by atoms with Crippen molar-refractivity contribution in [2.45, 2.75) is 57.0 Å². The van der Waals surface area contributed by atoms with E-state index < -0.39 is 0 Å². The van der Waals surface area contributed by atoms with Crippen molar-refractivity contribution in [1.82, 2.24) is 14.7 Å². The third-order valence-electron chi connectivity index (χ3n) is 5.52. The summed E-state index contributed by atoms with van der Waals surface area (Å²) in [6, 6.07) is 12.8. The van der Waals surface area contributed by atoms with Gasteiger partial charge in [-0.05, 0) is 31.2 Å². The molecule has 5 nitrogen and oxygen atoms in total. The average molecular weight is 338 g/mol. The zero-order valence-electron chi connectivity index (χ0n) is 14.6. The largest absolute Gasteiger partial charge is 0.323 e. The molecule has 0 radical (unpaired) electrons. The molecule has 1 aliphatic carbocycles. The summed E-state index contributed by atoms with van der Waals surface area (Å²) < 4.78 is 2.02. The van der Waals surface area contributed by atoms with Gasteiger partial charge in [-0.25, -0.2) is 9.48 Å². The smallest absolute Gasteiger partial charge is 0.317 e. The van der Waals surface area contributed by atoms with Crippen molar-refractivity contribution < 1.29 is 4.79 Å². The van der Waals surface area contributed by atoms with E-state index in [2.05, 4.69) is 22.5 Å². The number of nitrogens with zero attached hydrogens (tertiary/aromatic N) is 3. The molecule has 1 aromatic carbocycles. The molecule has 132 valence electrons. The number of benzene rings is 1. The van der Waals surface area contributed by atoms with E-state index in [4.69, 9.17) is 0 Å². The van der Waals surface area contributed by atoms with E-state index >= 15 is 0 Å². The van der Waals surface area contributed by atoms with E-state index in [0.717, 1.165) is 38.0 Å². The van der Waals surface area contributed by atoms with E-state index in [0.29, 0.717) is 6.04 Å². The highest BCUT2D eigenvalue weighted by molar-refractivity contribution is 5.89. The highest BCUT2D eigenvalue weighted by Gasteiger charge is 2.30. The Bertz CT molecular complexity index is 705. The molecule has 4 rings (SSSR count). The van der Waals surface area contributed by atoms with E-state index in [1.807, 2.05) is 33.8 Å². The number of likely N-dealkylation sites (tertiary alicyclic amines) is 1. The average Bonchev–Trinajstić information content (AvgIpc) is 3.32. The van der Waals surface area contributed by atoms with Gasteiger partial charge in [-0.15, -0.1) is 0 Å². The summed E-state index contributed by atoms with van der Waals surface area (Å²) in [6.07, 6.45) is 9.99. The van der Waals surface area contributed by atoms with Crippen LogP contribution in [0.4, 0.5) is 10.6 Å². The van der Waals surface area contributed by atoms with Gasteiger partial charge in [0.25, 0.3) is 0 Å². The lowest BCUT2D eigenvalue weighted by atomic mass is 9.96. The molecule has 2 aromatic rings. The monoisotopic (exact) mass is 338 g/mol. The highest BCUT2D eigenvalue weighted by atomic mass is 16.2. The molecule has 1 aromatic heterocycles. The van der Waals surface area contributed by atoms with Crippen molar-refractivity contribution in [3.8, 4) is 0 Å². The zero-order chi connectivity index (χ0) is 17.1. The van der Waals surface area contributed by atoms with Crippen molar-refractivity contribution in [3.63, 3.8) is 0 Å². The van der Waals surface area contributed by atoms with Crippen molar-refractivity contribution in [1.29, 1.82) is 0 Å². The van der Waals surface area contributed by atoms with Gasteiger partial charge in [-0.2, -0.15) is 5.10 Å². The summed E-state index contributed by atoms with van der Waals surface area (Å²) >= 11 is 0. The number of nitrogens with one attached hydrogen (secondary N) is 1. The lowest BCUT2D eigenvalue weighted by Gasteiger charge is -2.27. The van der Waals surface area contributed by atoms with E-state index in [-0.39, 0.29) is 12.1 Å². The van der Waals surface area contributed by atoms with Crippen LogP contribution >= 0.6 is 0 Å². The first-order chi connectivity index (χ1) is 12.3. The SMILES string of the molecule is O=C(Nc1ccnn1C1CCCCC1)N1CCC[C@H]1c1ccccc1. The van der Waals surface area contributed by atoms with Gasteiger partial charge in [0.1, 0.15) is 5.82 Å². The summed E-state index contributed by atoms with van der Waals surface area (Å²) in [7, 11) is 0. The van der Waals surface area contributed by atoms with Crippen LogP contribution in [-0.4, -0.2) is 27.3 Å². The second-order valence-electron chi connectivity index (χ2n) is 7.15. The van der Waals surface area contributed by atoms with E-state index in [1.165, 1.54) is 24.8 Å². The van der Waals surface area contributed by atoms with Gasteiger partial charge < -0.3 is 4.90 Å². The molecular weight excluding hydrogens is 312 g/mol. The molecule has 1 saturated carbocycles. The highest BCUT2D eigenvalue weighted by Crippen LogP contribution is 2.33. The zero-order valence-corrected chi connectivity index (χ0v) is 14.6. The van der Waals surface area contributed by atoms with Crippen LogP contribution in [0.5, 0.6) is 0 Å². The van der Waals surface area contributed by atoms with Gasteiger partial charge in [0.2, 0.25) is 0 Å². The van der Waals surface area contributed by atoms with E-state index in [1.54, 1.807) is 6.20 Å². The number of rotatable bonds is 3. The number of hydrogen-bond donors (Lipinski definition) is 1. The molecule has 1 atom stereocenters.